The number of para-hydroxylation sites is 4. The molecule has 2 aliphatic heterocycles. The minimum Gasteiger partial charge on any atom is -0.506 e. The van der Waals surface area contributed by atoms with E-state index in [1.54, 1.807) is 48.5 Å². The van der Waals surface area contributed by atoms with Crippen LogP contribution in [-0.2, 0) is 0 Å². The average Bonchev–Trinajstić information content (AvgIpc) is 4.05. The van der Waals surface area contributed by atoms with E-state index in [2.05, 4.69) is 178 Å². The van der Waals surface area contributed by atoms with Gasteiger partial charge in [-0.2, -0.15) is 0 Å². The number of nitrogens with one attached hydrogen (secondary N) is 2. The van der Waals surface area contributed by atoms with Gasteiger partial charge in [-0.15, -0.1) is 0 Å². The number of nitrogens with zero attached hydrogens (tertiary/aromatic N) is 2. The van der Waals surface area contributed by atoms with Crippen LogP contribution in [0.4, 0.5) is 0 Å². The Balaban J connectivity index is 0.000000158. The molecule has 0 atom stereocenters. The molecule has 0 amide bonds. The number of H-pyrrole nitrogens is 2. The molecular weight excluding hydrogens is 1290 g/mol. The van der Waals surface area contributed by atoms with Gasteiger partial charge in [-0.05, 0) is 249 Å². The van der Waals surface area contributed by atoms with Crippen LogP contribution in [0.25, 0.3) is 46.4 Å². The maximum Gasteiger partial charge on any atom is 0.143 e. The second-order valence-corrected chi connectivity index (χ2v) is 19.0. The van der Waals surface area contributed by atoms with E-state index >= 15 is 0 Å². The van der Waals surface area contributed by atoms with Crippen LogP contribution in [0.5, 0.6) is 23.0 Å². The monoisotopic (exact) mass is 1310 g/mol. The van der Waals surface area contributed by atoms with Crippen LogP contribution in [0, 0.1) is 0 Å². The van der Waals surface area contributed by atoms with Crippen LogP contribution in [0.3, 0.4) is 0 Å². The summed E-state index contributed by atoms with van der Waals surface area (Å²) in [5, 5.41) is 36.5. The number of phenols is 4. The van der Waals surface area contributed by atoms with Crippen molar-refractivity contribution >= 4 is 174 Å². The first-order valence-electron chi connectivity index (χ1n) is 17.2. The van der Waals surface area contributed by atoms with Gasteiger partial charge in [0.05, 0.1) is 58.6 Å². The van der Waals surface area contributed by atoms with Crippen LogP contribution in [0.1, 0.15) is 22.8 Å². The van der Waals surface area contributed by atoms with Crippen LogP contribution in [0.2, 0.25) is 0 Å². The van der Waals surface area contributed by atoms with E-state index in [-0.39, 0.29) is 23.0 Å². The van der Waals surface area contributed by atoms with Gasteiger partial charge in [0.1, 0.15) is 23.0 Å². The largest absolute Gasteiger partial charge is 0.506 e. The topological polar surface area (TPSA) is 138 Å². The SMILES string of the molecule is C1=Cc2cc3ccc(cc4ccc(cc5nc(cc1n2)C=C5)[nH]4)[nH]3.Oc1c(Br)cccc1Br.Oc1c(Br)cccc1Br.Oc1c(Br)cccc1Br.Oc1c(Br)cccc1Br. The Hall–Kier alpha value is -3.48. The lowest BCUT2D eigenvalue weighted by Crippen LogP contribution is -1.77. The van der Waals surface area contributed by atoms with Gasteiger partial charge in [-0.25, -0.2) is 9.97 Å². The number of aromatic hydroxyl groups is 4. The van der Waals surface area contributed by atoms with E-state index in [1.165, 1.54) is 0 Å². The Morgan fingerprint density at radius 1 is 0.300 bits per heavy atom. The first-order chi connectivity index (χ1) is 28.7. The number of phenolic OH excluding ortho intramolecular Hbond substituents is 4. The molecule has 16 heteroatoms. The zero-order valence-corrected chi connectivity index (χ0v) is 43.3. The van der Waals surface area contributed by atoms with Crippen LogP contribution < -0.4 is 0 Å². The maximum absolute atomic E-state index is 9.11. The van der Waals surface area contributed by atoms with Crippen molar-refractivity contribution in [3.8, 4) is 23.0 Å². The molecule has 2 aliphatic rings. The van der Waals surface area contributed by atoms with E-state index in [4.69, 9.17) is 20.4 Å². The lowest BCUT2D eigenvalue weighted by atomic mass is 10.3. The molecular formula is C44H30Br8N4O4. The molecule has 9 rings (SSSR count). The highest BCUT2D eigenvalue weighted by molar-refractivity contribution is 9.12. The van der Waals surface area contributed by atoms with Crippen LogP contribution >= 0.6 is 127 Å². The van der Waals surface area contributed by atoms with E-state index in [9.17, 15) is 0 Å². The van der Waals surface area contributed by atoms with Gasteiger partial charge >= 0.3 is 0 Å². The Morgan fingerprint density at radius 3 is 0.750 bits per heavy atom. The third kappa shape index (κ3) is 14.3. The summed E-state index contributed by atoms with van der Waals surface area (Å²) in [5.74, 6) is 0.991. The lowest BCUT2D eigenvalue weighted by Gasteiger charge is -1.96. The summed E-state index contributed by atoms with van der Waals surface area (Å²) < 4.78 is 5.64. The number of aromatic amines is 2. The van der Waals surface area contributed by atoms with Gasteiger partial charge in [0.2, 0.25) is 0 Å². The summed E-state index contributed by atoms with van der Waals surface area (Å²) in [6, 6.07) is 38.0. The molecule has 0 saturated heterocycles. The molecule has 0 radical (unpaired) electrons. The molecule has 8 bridgehead atoms. The van der Waals surface area contributed by atoms with Crippen molar-refractivity contribution in [3.63, 3.8) is 0 Å². The average molecular weight is 1320 g/mol. The first-order valence-corrected chi connectivity index (χ1v) is 23.6. The van der Waals surface area contributed by atoms with Gasteiger partial charge < -0.3 is 30.4 Å². The zero-order chi connectivity index (χ0) is 43.3. The Labute approximate surface area is 412 Å². The van der Waals surface area contributed by atoms with Gasteiger partial charge in [-0.1, -0.05) is 24.3 Å². The number of fused-ring (bicyclic) bond motifs is 8. The summed E-state index contributed by atoms with van der Waals surface area (Å²) >= 11 is 25.3. The highest BCUT2D eigenvalue weighted by Crippen LogP contribution is 2.33. The van der Waals surface area contributed by atoms with E-state index in [1.807, 2.05) is 66.8 Å². The molecule has 306 valence electrons. The summed E-state index contributed by atoms with van der Waals surface area (Å²) in [7, 11) is 0. The number of hydrogen-bond donors (Lipinski definition) is 6. The van der Waals surface area contributed by atoms with E-state index in [0.29, 0.717) is 35.8 Å². The predicted octanol–water partition coefficient (Wildman–Crippen LogP) is 16.3. The van der Waals surface area contributed by atoms with Crippen LogP contribution in [-0.4, -0.2) is 40.4 Å². The predicted molar refractivity (Wildman–Crippen MR) is 273 cm³/mol. The molecule has 0 saturated carbocycles. The molecule has 0 aliphatic carbocycles. The molecule has 5 heterocycles. The van der Waals surface area contributed by atoms with E-state index < -0.39 is 0 Å². The van der Waals surface area contributed by atoms with Gasteiger partial charge in [0, 0.05) is 22.1 Å². The summed E-state index contributed by atoms with van der Waals surface area (Å²) in [6.07, 6.45) is 8.05. The van der Waals surface area contributed by atoms with E-state index in [0.717, 1.165) is 44.8 Å². The van der Waals surface area contributed by atoms with Crippen molar-refractivity contribution in [2.75, 3.05) is 0 Å². The standard InChI is InChI=1S/C20H14N4.4C6H4Br2O/c1-2-14-10-16-5-6-18(23-16)12-20-8-7-19(24-20)11-17-4-3-15(22-17)9-13(1)21-14;4*7-4-2-1-3-5(8)6(4)9/h1-12,21-22H;4*1-3,9H. The minimum absolute atomic E-state index is 0.248. The summed E-state index contributed by atoms with van der Waals surface area (Å²) in [6.45, 7) is 0. The molecule has 0 spiro atoms. The molecule has 4 aromatic carbocycles. The molecule has 0 unspecified atom stereocenters. The molecule has 7 aromatic rings. The first kappa shape index (κ1) is 47.6. The van der Waals surface area contributed by atoms with Crippen molar-refractivity contribution < 1.29 is 20.4 Å². The molecule has 60 heavy (non-hydrogen) atoms. The minimum atomic E-state index is 0.248. The second kappa shape index (κ2) is 23.1. The molecule has 3 aromatic heterocycles. The molecule has 6 N–H and O–H groups in total. The quantitative estimate of drug-likeness (QED) is 0.0894. The maximum atomic E-state index is 9.11. The van der Waals surface area contributed by atoms with Crippen molar-refractivity contribution in [2.45, 2.75) is 0 Å². The normalized spacial score (nSPS) is 10.8. The summed E-state index contributed by atoms with van der Waals surface area (Å²) in [5.41, 5.74) is 7.86. The fourth-order valence-corrected chi connectivity index (χ4v) is 8.89. The fraction of sp³-hybridized carbons (Fsp3) is 0. The highest BCUT2D eigenvalue weighted by atomic mass is 79.9. The van der Waals surface area contributed by atoms with Crippen molar-refractivity contribution in [3.05, 3.63) is 180 Å². The van der Waals surface area contributed by atoms with Crippen molar-refractivity contribution in [1.82, 2.24) is 19.9 Å². The Bertz CT molecular complexity index is 2480. The number of aromatic nitrogens is 4. The smallest absolute Gasteiger partial charge is 0.143 e. The number of rotatable bonds is 0. The highest BCUT2D eigenvalue weighted by Gasteiger charge is 2.04. The number of benzene rings is 4. The second-order valence-electron chi connectivity index (χ2n) is 12.2. The van der Waals surface area contributed by atoms with Crippen molar-refractivity contribution in [2.24, 2.45) is 0 Å². The lowest BCUT2D eigenvalue weighted by molar-refractivity contribution is 0.468. The zero-order valence-electron chi connectivity index (χ0n) is 30.6. The van der Waals surface area contributed by atoms with Crippen molar-refractivity contribution in [1.29, 1.82) is 0 Å². The number of halogens is 8. The number of hydrogen-bond acceptors (Lipinski definition) is 6. The third-order valence-electron chi connectivity index (χ3n) is 7.79. The van der Waals surface area contributed by atoms with Gasteiger partial charge in [0.15, 0.2) is 0 Å². The molecule has 0 fully saturated rings. The third-order valence-corrected chi connectivity index (χ3v) is 12.9. The Morgan fingerprint density at radius 2 is 0.517 bits per heavy atom. The molecule has 8 nitrogen and oxygen atoms in total. The summed E-state index contributed by atoms with van der Waals surface area (Å²) in [4.78, 5) is 16.0. The fourth-order valence-electron chi connectivity index (χ4n) is 4.90. The Kier molecular flexibility index (Phi) is 18.3. The van der Waals surface area contributed by atoms with Gasteiger partial charge in [-0.3, -0.25) is 0 Å². The van der Waals surface area contributed by atoms with Crippen LogP contribution in [0.15, 0.2) is 157 Å². The van der Waals surface area contributed by atoms with Gasteiger partial charge in [0.25, 0.3) is 0 Å².